The molecule has 0 radical (unpaired) electrons. The van der Waals surface area contributed by atoms with E-state index >= 15 is 0 Å². The lowest BCUT2D eigenvalue weighted by Crippen LogP contribution is -2.30. The van der Waals surface area contributed by atoms with Crippen molar-refractivity contribution in [3.63, 3.8) is 0 Å². The van der Waals surface area contributed by atoms with Gasteiger partial charge in [-0.2, -0.15) is 0 Å². The number of para-hydroxylation sites is 1. The van der Waals surface area contributed by atoms with Crippen LogP contribution in [0.5, 0.6) is 5.75 Å². The molecule has 0 spiro atoms. The zero-order valence-electron chi connectivity index (χ0n) is 13.8. The summed E-state index contributed by atoms with van der Waals surface area (Å²) in [6.45, 7) is 0.516. The second-order valence-corrected chi connectivity index (χ2v) is 8.22. The van der Waals surface area contributed by atoms with E-state index in [-0.39, 0.29) is 0 Å². The van der Waals surface area contributed by atoms with E-state index in [9.17, 15) is 8.42 Å². The van der Waals surface area contributed by atoms with Crippen molar-refractivity contribution >= 4 is 15.7 Å². The maximum atomic E-state index is 13.4. The van der Waals surface area contributed by atoms with Crippen molar-refractivity contribution in [3.05, 3.63) is 53.1 Å². The summed E-state index contributed by atoms with van der Waals surface area (Å²) in [7, 11) is -1.89. The molecule has 1 aliphatic carbocycles. The Morgan fingerprint density at radius 1 is 0.958 bits per heavy atom. The molecular weight excluding hydrogens is 322 g/mol. The van der Waals surface area contributed by atoms with Crippen molar-refractivity contribution in [1.29, 1.82) is 0 Å². The third-order valence-corrected chi connectivity index (χ3v) is 6.98. The minimum Gasteiger partial charge on any atom is -0.496 e. The van der Waals surface area contributed by atoms with Gasteiger partial charge in [-0.05, 0) is 67.0 Å². The van der Waals surface area contributed by atoms with Crippen molar-refractivity contribution in [2.75, 3.05) is 18.0 Å². The van der Waals surface area contributed by atoms with Gasteiger partial charge < -0.3 is 4.74 Å². The number of benzene rings is 2. The number of anilines is 1. The molecule has 24 heavy (non-hydrogen) atoms. The molecule has 0 unspecified atom stereocenters. The maximum Gasteiger partial charge on any atom is 0.264 e. The summed E-state index contributed by atoms with van der Waals surface area (Å²) < 4.78 is 33.7. The highest BCUT2D eigenvalue weighted by Crippen LogP contribution is 2.38. The highest BCUT2D eigenvalue weighted by atomic mass is 32.2. The van der Waals surface area contributed by atoms with E-state index in [0.717, 1.165) is 60.2 Å². The molecule has 4 nitrogen and oxygen atoms in total. The first-order valence-corrected chi connectivity index (χ1v) is 9.86. The molecule has 0 atom stereocenters. The zero-order chi connectivity index (χ0) is 16.7. The van der Waals surface area contributed by atoms with Gasteiger partial charge in [0.15, 0.2) is 0 Å². The summed E-state index contributed by atoms with van der Waals surface area (Å²) in [5.41, 5.74) is 3.93. The van der Waals surface area contributed by atoms with Crippen LogP contribution in [-0.4, -0.2) is 22.1 Å². The quantitative estimate of drug-likeness (QED) is 0.859. The summed E-state index contributed by atoms with van der Waals surface area (Å²) in [4.78, 5) is 0.453. The van der Waals surface area contributed by atoms with Crippen molar-refractivity contribution in [2.24, 2.45) is 0 Å². The summed E-state index contributed by atoms with van der Waals surface area (Å²) in [5.74, 6) is 0.811. The Morgan fingerprint density at radius 3 is 2.50 bits per heavy atom. The van der Waals surface area contributed by atoms with Gasteiger partial charge in [0.2, 0.25) is 0 Å². The van der Waals surface area contributed by atoms with Crippen LogP contribution in [0.25, 0.3) is 0 Å². The first-order chi connectivity index (χ1) is 11.6. The monoisotopic (exact) mass is 343 g/mol. The topological polar surface area (TPSA) is 46.6 Å². The van der Waals surface area contributed by atoms with E-state index in [0.29, 0.717) is 11.4 Å². The van der Waals surface area contributed by atoms with E-state index in [1.54, 1.807) is 23.5 Å². The lowest BCUT2D eigenvalue weighted by Gasteiger charge is -2.25. The third-order valence-electron chi connectivity index (χ3n) is 5.08. The van der Waals surface area contributed by atoms with Gasteiger partial charge in [0.25, 0.3) is 10.0 Å². The van der Waals surface area contributed by atoms with Crippen LogP contribution in [0.15, 0.2) is 41.3 Å². The fourth-order valence-electron chi connectivity index (χ4n) is 3.91. The minimum atomic E-state index is -3.54. The number of rotatable bonds is 3. The van der Waals surface area contributed by atoms with Gasteiger partial charge in [-0.3, -0.25) is 4.31 Å². The van der Waals surface area contributed by atoms with Crippen LogP contribution in [0.1, 0.15) is 29.5 Å². The number of ether oxygens (including phenoxy) is 1. The van der Waals surface area contributed by atoms with Gasteiger partial charge >= 0.3 is 0 Å². The van der Waals surface area contributed by atoms with Crippen LogP contribution in [0, 0.1) is 0 Å². The molecule has 1 heterocycles. The first kappa shape index (κ1) is 15.5. The van der Waals surface area contributed by atoms with Gasteiger partial charge in [-0.25, -0.2) is 8.42 Å². The van der Waals surface area contributed by atoms with Crippen molar-refractivity contribution in [1.82, 2.24) is 0 Å². The predicted molar refractivity (Wildman–Crippen MR) is 94.3 cm³/mol. The Bertz CT molecular complexity index is 889. The summed E-state index contributed by atoms with van der Waals surface area (Å²) in [5, 5.41) is 0. The van der Waals surface area contributed by atoms with Crippen molar-refractivity contribution in [2.45, 2.75) is 37.0 Å². The van der Waals surface area contributed by atoms with Crippen LogP contribution in [0.4, 0.5) is 5.69 Å². The average Bonchev–Trinajstić information content (AvgIpc) is 3.05. The van der Waals surface area contributed by atoms with Gasteiger partial charge in [-0.15, -0.1) is 0 Å². The van der Waals surface area contributed by atoms with Crippen molar-refractivity contribution in [3.8, 4) is 5.75 Å². The van der Waals surface area contributed by atoms with Gasteiger partial charge in [-0.1, -0.05) is 18.2 Å². The van der Waals surface area contributed by atoms with Gasteiger partial charge in [0.1, 0.15) is 5.75 Å². The van der Waals surface area contributed by atoms with E-state index < -0.39 is 10.0 Å². The Morgan fingerprint density at radius 2 is 1.71 bits per heavy atom. The maximum absolute atomic E-state index is 13.4. The predicted octanol–water partition coefficient (Wildman–Crippen LogP) is 3.33. The molecule has 0 fully saturated rings. The lowest BCUT2D eigenvalue weighted by molar-refractivity contribution is 0.405. The number of sulfonamides is 1. The Hall–Kier alpha value is -2.01. The molecule has 0 amide bonds. The molecule has 126 valence electrons. The fraction of sp³-hybridized carbons (Fsp3) is 0.368. The third kappa shape index (κ3) is 2.30. The molecule has 2 aromatic carbocycles. The highest BCUT2D eigenvalue weighted by molar-refractivity contribution is 7.93. The van der Waals surface area contributed by atoms with Crippen LogP contribution in [0.2, 0.25) is 0 Å². The Balaban J connectivity index is 1.84. The molecule has 0 saturated carbocycles. The van der Waals surface area contributed by atoms with Crippen LogP contribution >= 0.6 is 0 Å². The second kappa shape index (κ2) is 5.81. The van der Waals surface area contributed by atoms with Gasteiger partial charge in [0.05, 0.1) is 17.7 Å². The molecule has 0 saturated heterocycles. The van der Waals surface area contributed by atoms with E-state index in [2.05, 4.69) is 0 Å². The number of methoxy groups -OCH3 is 1. The second-order valence-electron chi connectivity index (χ2n) is 6.39. The molecule has 0 N–H and O–H groups in total. The van der Waals surface area contributed by atoms with Crippen LogP contribution in [0.3, 0.4) is 0 Å². The molecule has 4 rings (SSSR count). The summed E-state index contributed by atoms with van der Waals surface area (Å²) in [6, 6.07) is 11.3. The lowest BCUT2D eigenvalue weighted by atomic mass is 9.91. The number of fused-ring (bicyclic) bond motifs is 2. The fourth-order valence-corrected chi connectivity index (χ4v) is 5.69. The molecule has 0 aromatic heterocycles. The zero-order valence-corrected chi connectivity index (χ0v) is 14.6. The average molecular weight is 343 g/mol. The highest BCUT2D eigenvalue weighted by Gasteiger charge is 2.33. The molecular formula is C19H21NO3S. The largest absolute Gasteiger partial charge is 0.496 e. The van der Waals surface area contributed by atoms with Crippen molar-refractivity contribution < 1.29 is 13.2 Å². The SMILES string of the molecule is COc1ccc(S(=O)(=O)N2CCc3ccccc32)c2c1CCCC2. The molecule has 1 aliphatic heterocycles. The number of nitrogens with zero attached hydrogens (tertiary/aromatic N) is 1. The Labute approximate surface area is 143 Å². The van der Waals surface area contributed by atoms with Gasteiger partial charge in [0, 0.05) is 6.54 Å². The van der Waals surface area contributed by atoms with Crippen LogP contribution < -0.4 is 9.04 Å². The normalized spacial score (nSPS) is 16.6. The van der Waals surface area contributed by atoms with E-state index in [4.69, 9.17) is 4.74 Å². The van der Waals surface area contributed by atoms with Crippen LogP contribution in [-0.2, 0) is 29.3 Å². The summed E-state index contributed by atoms with van der Waals surface area (Å²) >= 11 is 0. The summed E-state index contributed by atoms with van der Waals surface area (Å²) in [6.07, 6.45) is 4.57. The Kier molecular flexibility index (Phi) is 3.76. The molecule has 0 bridgehead atoms. The molecule has 2 aromatic rings. The minimum absolute atomic E-state index is 0.453. The molecule has 5 heteroatoms. The number of hydrogen-bond acceptors (Lipinski definition) is 3. The standard InChI is InChI=1S/C19H21NO3S/c1-23-18-10-11-19(16-8-4-3-7-15(16)18)24(21,22)20-13-12-14-6-2-5-9-17(14)20/h2,5-6,9-11H,3-4,7-8,12-13H2,1H3. The first-order valence-electron chi connectivity index (χ1n) is 8.42. The number of hydrogen-bond donors (Lipinski definition) is 0. The molecule has 2 aliphatic rings. The van der Waals surface area contributed by atoms with E-state index in [1.807, 2.05) is 24.3 Å². The smallest absolute Gasteiger partial charge is 0.264 e. The van der Waals surface area contributed by atoms with E-state index in [1.165, 1.54) is 0 Å².